The van der Waals surface area contributed by atoms with E-state index in [0.717, 1.165) is 22.4 Å². The van der Waals surface area contributed by atoms with Gasteiger partial charge in [0, 0.05) is 16.8 Å². The van der Waals surface area contributed by atoms with E-state index >= 15 is 0 Å². The fourth-order valence-corrected chi connectivity index (χ4v) is 4.02. The van der Waals surface area contributed by atoms with E-state index in [0.29, 0.717) is 10.7 Å². The topological polar surface area (TPSA) is 98.1 Å². The number of hydrogen-bond acceptors (Lipinski definition) is 5. The molecule has 0 atom stereocenters. The van der Waals surface area contributed by atoms with E-state index in [4.69, 9.17) is 11.6 Å². The first-order valence-corrected chi connectivity index (χ1v) is 11.0. The van der Waals surface area contributed by atoms with Crippen molar-refractivity contribution in [3.63, 3.8) is 0 Å². The second-order valence-corrected chi connectivity index (χ2v) is 9.28. The molecule has 0 aliphatic carbocycles. The molecule has 0 unspecified atom stereocenters. The number of amides is 1. The predicted octanol–water partition coefficient (Wildman–Crippen LogP) is 3.49. The molecule has 0 saturated carbocycles. The lowest BCUT2D eigenvalue weighted by Gasteiger charge is -2.10. The number of nitrogens with one attached hydrogen (secondary N) is 1. The van der Waals surface area contributed by atoms with E-state index in [1.165, 1.54) is 12.1 Å². The summed E-state index contributed by atoms with van der Waals surface area (Å²) in [6, 6.07) is 15.2. The van der Waals surface area contributed by atoms with Gasteiger partial charge >= 0.3 is 0 Å². The van der Waals surface area contributed by atoms with Crippen molar-refractivity contribution in [2.45, 2.75) is 36.2 Å². The third-order valence-corrected chi connectivity index (χ3v) is 6.31. The molecule has 1 aromatic heterocycles. The number of sulfone groups is 1. The Labute approximate surface area is 179 Å². The second kappa shape index (κ2) is 8.81. The van der Waals surface area contributed by atoms with E-state index in [1.54, 1.807) is 36.4 Å². The SMILES string of the molecule is CC(C)c1ccc(S(=O)(=O)c2ccc(=O)n(CC(=O)Nc3ccc(Cl)cc3)n2)cc1. The fraction of sp³-hybridized carbons (Fsp3) is 0.190. The Bertz CT molecular complexity index is 1220. The van der Waals surface area contributed by atoms with Crippen molar-refractivity contribution in [1.82, 2.24) is 9.78 Å². The Kier molecular flexibility index (Phi) is 6.38. The number of aromatic nitrogens is 2. The molecule has 3 aromatic rings. The normalized spacial score (nSPS) is 11.5. The highest BCUT2D eigenvalue weighted by molar-refractivity contribution is 7.91. The van der Waals surface area contributed by atoms with Crippen LogP contribution in [0.3, 0.4) is 0 Å². The number of anilines is 1. The largest absolute Gasteiger partial charge is 0.324 e. The highest BCUT2D eigenvalue weighted by Gasteiger charge is 2.21. The summed E-state index contributed by atoms with van der Waals surface area (Å²) in [6.45, 7) is 3.59. The summed E-state index contributed by atoms with van der Waals surface area (Å²) in [5, 5.41) is 6.72. The van der Waals surface area contributed by atoms with Crippen LogP contribution in [0.4, 0.5) is 5.69 Å². The molecule has 0 radical (unpaired) electrons. The van der Waals surface area contributed by atoms with Crippen molar-refractivity contribution in [1.29, 1.82) is 0 Å². The lowest BCUT2D eigenvalue weighted by molar-refractivity contribution is -0.117. The second-order valence-electron chi connectivity index (χ2n) is 6.95. The highest BCUT2D eigenvalue weighted by Crippen LogP contribution is 2.21. The summed E-state index contributed by atoms with van der Waals surface area (Å²) in [7, 11) is -3.94. The summed E-state index contributed by atoms with van der Waals surface area (Å²) in [6.07, 6.45) is 0. The van der Waals surface area contributed by atoms with Crippen LogP contribution in [0.25, 0.3) is 0 Å². The van der Waals surface area contributed by atoms with Crippen molar-refractivity contribution >= 4 is 33.0 Å². The Hall–Kier alpha value is -2.97. The van der Waals surface area contributed by atoms with Gasteiger partial charge in [0.2, 0.25) is 15.7 Å². The van der Waals surface area contributed by atoms with Gasteiger partial charge in [0.15, 0.2) is 5.03 Å². The minimum absolute atomic E-state index is 0.0650. The molecule has 2 aromatic carbocycles. The maximum atomic E-state index is 12.9. The van der Waals surface area contributed by atoms with Crippen molar-refractivity contribution in [2.75, 3.05) is 5.32 Å². The summed E-state index contributed by atoms with van der Waals surface area (Å²) in [5.41, 5.74) is 0.910. The molecule has 7 nitrogen and oxygen atoms in total. The van der Waals surface area contributed by atoms with Gasteiger partial charge in [0.05, 0.1) is 4.90 Å². The van der Waals surface area contributed by atoms with Crippen LogP contribution >= 0.6 is 11.6 Å². The zero-order chi connectivity index (χ0) is 21.9. The molecule has 0 fully saturated rings. The van der Waals surface area contributed by atoms with Gasteiger partial charge in [-0.2, -0.15) is 5.10 Å². The molecule has 9 heteroatoms. The zero-order valence-corrected chi connectivity index (χ0v) is 17.9. The number of carbonyl (C=O) groups excluding carboxylic acids is 1. The monoisotopic (exact) mass is 445 g/mol. The van der Waals surface area contributed by atoms with Crippen molar-refractivity contribution < 1.29 is 13.2 Å². The van der Waals surface area contributed by atoms with Crippen LogP contribution in [0.15, 0.2) is 75.4 Å². The molecule has 0 bridgehead atoms. The van der Waals surface area contributed by atoms with E-state index in [9.17, 15) is 18.0 Å². The molecule has 0 aliphatic rings. The maximum absolute atomic E-state index is 12.9. The molecule has 1 N–H and O–H groups in total. The number of benzene rings is 2. The average Bonchev–Trinajstić information content (AvgIpc) is 2.71. The molecule has 1 heterocycles. The minimum Gasteiger partial charge on any atom is -0.324 e. The van der Waals surface area contributed by atoms with Crippen LogP contribution in [0, 0.1) is 0 Å². The Balaban J connectivity index is 1.84. The Morgan fingerprint density at radius 1 is 1.03 bits per heavy atom. The van der Waals surface area contributed by atoms with E-state index in [-0.39, 0.29) is 15.8 Å². The Morgan fingerprint density at radius 2 is 1.67 bits per heavy atom. The lowest BCUT2D eigenvalue weighted by Crippen LogP contribution is -2.30. The van der Waals surface area contributed by atoms with E-state index in [2.05, 4.69) is 10.4 Å². The summed E-state index contributed by atoms with van der Waals surface area (Å²) in [4.78, 5) is 24.4. The summed E-state index contributed by atoms with van der Waals surface area (Å²) in [5.74, 6) is -0.260. The van der Waals surface area contributed by atoms with Crippen LogP contribution in [-0.4, -0.2) is 24.1 Å². The van der Waals surface area contributed by atoms with Crippen LogP contribution < -0.4 is 10.9 Å². The maximum Gasteiger partial charge on any atom is 0.267 e. The van der Waals surface area contributed by atoms with Crippen LogP contribution in [0.1, 0.15) is 25.3 Å². The molecular weight excluding hydrogens is 426 g/mol. The van der Waals surface area contributed by atoms with Gasteiger partial charge in [0.25, 0.3) is 5.56 Å². The van der Waals surface area contributed by atoms with Crippen LogP contribution in [0.2, 0.25) is 5.02 Å². The van der Waals surface area contributed by atoms with E-state index in [1.807, 2.05) is 13.8 Å². The molecule has 1 amide bonds. The fourth-order valence-electron chi connectivity index (χ4n) is 2.71. The zero-order valence-electron chi connectivity index (χ0n) is 16.4. The number of rotatable bonds is 6. The molecule has 30 heavy (non-hydrogen) atoms. The third kappa shape index (κ3) is 4.95. The average molecular weight is 446 g/mol. The quantitative estimate of drug-likeness (QED) is 0.626. The van der Waals surface area contributed by atoms with Gasteiger partial charge in [-0.3, -0.25) is 9.59 Å². The van der Waals surface area contributed by atoms with E-state index < -0.39 is 27.8 Å². The minimum atomic E-state index is -3.94. The van der Waals surface area contributed by atoms with Gasteiger partial charge in [-0.15, -0.1) is 0 Å². The van der Waals surface area contributed by atoms with Gasteiger partial charge < -0.3 is 5.32 Å². The summed E-state index contributed by atoms with van der Waals surface area (Å²) >= 11 is 5.81. The van der Waals surface area contributed by atoms with Crippen molar-refractivity contribution in [3.05, 3.63) is 81.6 Å². The van der Waals surface area contributed by atoms with Gasteiger partial charge in [-0.1, -0.05) is 37.6 Å². The van der Waals surface area contributed by atoms with Gasteiger partial charge in [-0.05, 0) is 53.9 Å². The number of halogens is 1. The molecule has 3 rings (SSSR count). The third-order valence-electron chi connectivity index (χ3n) is 4.40. The smallest absolute Gasteiger partial charge is 0.267 e. The van der Waals surface area contributed by atoms with Crippen LogP contribution in [0.5, 0.6) is 0 Å². The van der Waals surface area contributed by atoms with Gasteiger partial charge in [-0.25, -0.2) is 13.1 Å². The summed E-state index contributed by atoms with van der Waals surface area (Å²) < 4.78 is 26.6. The Morgan fingerprint density at radius 3 is 2.27 bits per heavy atom. The molecule has 0 saturated heterocycles. The van der Waals surface area contributed by atoms with Crippen molar-refractivity contribution in [2.24, 2.45) is 0 Å². The van der Waals surface area contributed by atoms with Crippen molar-refractivity contribution in [3.8, 4) is 0 Å². The molecule has 0 aliphatic heterocycles. The molecule has 0 spiro atoms. The first-order valence-electron chi connectivity index (χ1n) is 9.15. The first-order chi connectivity index (χ1) is 14.2. The first kappa shape index (κ1) is 21.7. The standard InChI is InChI=1S/C21H20ClN3O4S/c1-14(2)15-3-9-18(10-4-15)30(28,29)20-11-12-21(27)25(24-20)13-19(26)23-17-7-5-16(22)6-8-17/h3-12,14H,13H2,1-2H3,(H,23,26). The number of nitrogens with zero attached hydrogens (tertiary/aromatic N) is 2. The van der Waals surface area contributed by atoms with Crippen LogP contribution in [-0.2, 0) is 21.2 Å². The highest BCUT2D eigenvalue weighted by atomic mass is 35.5. The predicted molar refractivity (Wildman–Crippen MR) is 115 cm³/mol. The number of hydrogen-bond donors (Lipinski definition) is 1. The molecular formula is C21H20ClN3O4S. The van der Waals surface area contributed by atoms with Gasteiger partial charge in [0.1, 0.15) is 6.54 Å². The molecule has 156 valence electrons. The number of carbonyl (C=O) groups is 1. The lowest BCUT2D eigenvalue weighted by atomic mass is 10.0.